The molecule has 2 unspecified atom stereocenters. The van der Waals surface area contributed by atoms with Crippen molar-refractivity contribution in [1.82, 2.24) is 4.44 Å². The summed E-state index contributed by atoms with van der Waals surface area (Å²) in [6.07, 6.45) is 4.21. The Balaban J connectivity index is 2.09. The van der Waals surface area contributed by atoms with Crippen molar-refractivity contribution < 1.29 is 26.3 Å². The second kappa shape index (κ2) is 25.7. The molecule has 4 rings (SSSR count). The molecule has 11 heteroatoms. The average Bonchev–Trinajstić information content (AvgIpc) is 3.28. The third-order valence-corrected chi connectivity index (χ3v) is 30.3. The molecule has 0 spiro atoms. The van der Waals surface area contributed by atoms with E-state index in [1.54, 1.807) is 24.3 Å². The van der Waals surface area contributed by atoms with Gasteiger partial charge >= 0.3 is 12.4 Å². The van der Waals surface area contributed by atoms with Crippen molar-refractivity contribution >= 4 is 63.9 Å². The molecule has 0 heterocycles. The van der Waals surface area contributed by atoms with Gasteiger partial charge in [-0.15, -0.1) is 0 Å². The largest absolute Gasteiger partial charge is 0.417 e. The summed E-state index contributed by atoms with van der Waals surface area (Å²) in [7, 11) is -7.96. The number of alkyl halides is 6. The molecule has 0 fully saturated rings. The maximum Gasteiger partial charge on any atom is 0.417 e. The number of rotatable bonds is 27. The zero-order valence-corrected chi connectivity index (χ0v) is 43.9. The topological polar surface area (TPSA) is 3.24 Å². The predicted octanol–water partition coefficient (Wildman–Crippen LogP) is 15.9. The van der Waals surface area contributed by atoms with Crippen molar-refractivity contribution in [2.24, 2.45) is 0 Å². The summed E-state index contributed by atoms with van der Waals surface area (Å²) in [5.41, 5.74) is -1.47. The standard InChI is InChI=1S/C53H77F6NP2Si2/c1-9-15-37-63(38-16-10-2,39-17-11-3)46-33-29-44(30-34-46)61(50-27-23-21-25-48(50)52(54,55)56)60(43(7)8)62(51-28-24-22-26-49(51)53(57,58)59)45-31-35-47(36-32-45)64(40-18-12-4,41-19-13-5)42-20-14-6/h21-36,43H,9-20,37-42H2,1-8H3. The number of halogens is 6. The van der Waals surface area contributed by atoms with Crippen LogP contribution >= 0.6 is 16.1 Å². The fraction of sp³-hybridized carbons (Fsp3) is 0.547. The van der Waals surface area contributed by atoms with Gasteiger partial charge in [-0.1, -0.05) is 250 Å². The van der Waals surface area contributed by atoms with Gasteiger partial charge < -0.3 is 0 Å². The summed E-state index contributed by atoms with van der Waals surface area (Å²) in [5.74, 6) is 0. The Labute approximate surface area is 388 Å². The minimum Gasteiger partial charge on any atom is -0.242 e. The number of unbranched alkanes of at least 4 members (excludes halogenated alkanes) is 6. The zero-order valence-electron chi connectivity index (χ0n) is 40.2. The molecule has 0 aliphatic carbocycles. The van der Waals surface area contributed by atoms with Gasteiger partial charge in [-0.05, 0) is 36.6 Å². The number of hydrogen-bond acceptors (Lipinski definition) is 1. The lowest BCUT2D eigenvalue weighted by molar-refractivity contribution is -0.137. The second-order valence-electron chi connectivity index (χ2n) is 18.3. The van der Waals surface area contributed by atoms with Crippen molar-refractivity contribution in [2.45, 2.75) is 187 Å². The first-order valence-corrected chi connectivity index (χ1v) is 32.3. The van der Waals surface area contributed by atoms with Crippen LogP contribution in [0.5, 0.6) is 0 Å². The highest BCUT2D eigenvalue weighted by atomic mass is 31.2. The van der Waals surface area contributed by atoms with Crippen LogP contribution < -0.4 is 31.6 Å². The monoisotopic (exact) mass is 959 g/mol. The summed E-state index contributed by atoms with van der Waals surface area (Å²) >= 11 is 0. The van der Waals surface area contributed by atoms with E-state index in [9.17, 15) is 0 Å². The van der Waals surface area contributed by atoms with Gasteiger partial charge in [0.25, 0.3) is 0 Å². The van der Waals surface area contributed by atoms with Crippen molar-refractivity contribution in [3.63, 3.8) is 0 Å². The maximum absolute atomic E-state index is 15.3. The molecule has 0 N–H and O–H groups in total. The van der Waals surface area contributed by atoms with Crippen LogP contribution in [0.4, 0.5) is 26.3 Å². The van der Waals surface area contributed by atoms with Gasteiger partial charge in [-0.3, -0.25) is 0 Å². The first-order valence-electron chi connectivity index (χ1n) is 24.5. The number of nitrogens with zero attached hydrogens (tertiary/aromatic N) is 1. The molecule has 1 nitrogen and oxygen atoms in total. The van der Waals surface area contributed by atoms with Crippen LogP contribution in [0, 0.1) is 0 Å². The normalized spacial score (nSPS) is 13.8. The van der Waals surface area contributed by atoms with Gasteiger partial charge in [0, 0.05) is 32.8 Å². The van der Waals surface area contributed by atoms with E-state index in [1.807, 2.05) is 13.8 Å². The Hall–Kier alpha value is -2.29. The van der Waals surface area contributed by atoms with Crippen molar-refractivity contribution in [1.29, 1.82) is 0 Å². The quantitative estimate of drug-likeness (QED) is 0.0327. The third-order valence-electron chi connectivity index (χ3n) is 13.2. The number of benzene rings is 4. The summed E-state index contributed by atoms with van der Waals surface area (Å²) in [6.45, 7) is 17.3. The molecule has 0 aromatic heterocycles. The molecule has 0 aliphatic rings. The molecular weight excluding hydrogens is 883 g/mol. The number of hydrogen-bond donors (Lipinski definition) is 0. The van der Waals surface area contributed by atoms with E-state index in [1.165, 1.54) is 58.8 Å². The molecule has 0 bridgehead atoms. The molecule has 0 saturated carbocycles. The molecule has 0 saturated heterocycles. The molecule has 2 atom stereocenters. The van der Waals surface area contributed by atoms with Crippen LogP contribution in [0.1, 0.15) is 144 Å². The minimum atomic E-state index is -4.67. The summed E-state index contributed by atoms with van der Waals surface area (Å²) < 4.78 is 93.9. The van der Waals surface area contributed by atoms with Crippen LogP contribution in [0.25, 0.3) is 0 Å². The molecule has 354 valence electrons. The fourth-order valence-corrected chi connectivity index (χ4v) is 27.3. The average molecular weight is 960 g/mol. The van der Waals surface area contributed by atoms with Crippen LogP contribution in [-0.4, -0.2) is 26.6 Å². The van der Waals surface area contributed by atoms with Crippen LogP contribution in [0.3, 0.4) is 0 Å². The smallest absolute Gasteiger partial charge is 0.242 e. The van der Waals surface area contributed by atoms with Crippen LogP contribution in [-0.2, 0) is 12.4 Å². The predicted molar refractivity (Wildman–Crippen MR) is 274 cm³/mol. The van der Waals surface area contributed by atoms with E-state index in [0.29, 0.717) is 0 Å². The lowest BCUT2D eigenvalue weighted by Crippen LogP contribution is -2.48. The van der Waals surface area contributed by atoms with E-state index in [4.69, 9.17) is 0 Å². The van der Waals surface area contributed by atoms with Crippen LogP contribution in [0.2, 0.25) is 36.3 Å². The van der Waals surface area contributed by atoms with E-state index in [0.717, 1.165) is 99.8 Å². The van der Waals surface area contributed by atoms with Crippen molar-refractivity contribution in [3.8, 4) is 0 Å². The first kappa shape index (κ1) is 54.3. The van der Waals surface area contributed by atoms with E-state index < -0.39 is 61.8 Å². The molecule has 0 radical (unpaired) electrons. The van der Waals surface area contributed by atoms with Crippen molar-refractivity contribution in [2.75, 3.05) is 0 Å². The van der Waals surface area contributed by atoms with Crippen molar-refractivity contribution in [3.05, 3.63) is 108 Å². The Bertz CT molecular complexity index is 1770. The summed E-state index contributed by atoms with van der Waals surface area (Å²) in [5, 5.41) is 4.40. The highest BCUT2D eigenvalue weighted by Crippen LogP contribution is 2.58. The van der Waals surface area contributed by atoms with Gasteiger partial charge in [0.05, 0.1) is 27.3 Å². The Morgan fingerprint density at radius 2 is 0.688 bits per heavy atom. The molecule has 0 amide bonds. The molecule has 0 aliphatic heterocycles. The van der Waals surface area contributed by atoms with E-state index in [2.05, 4.69) is 94.5 Å². The molecular formula is C53H77F6NP2Si2. The summed E-state index contributed by atoms with van der Waals surface area (Å²) in [4.78, 5) is 0. The first-order chi connectivity index (χ1) is 30.6. The Morgan fingerprint density at radius 3 is 0.922 bits per heavy atom. The highest BCUT2D eigenvalue weighted by Gasteiger charge is 2.44. The SMILES string of the molecule is CCCC[Si](CCCC)(CCCC)c1ccc(P(c2ccccc2C(F)(F)F)N(C(C)C)P(c2ccc([Si](CCCC)(CCCC)CCCC)cc2)c2ccccc2C(F)(F)F)cc1. The van der Waals surface area contributed by atoms with E-state index in [-0.39, 0.29) is 10.6 Å². The van der Waals surface area contributed by atoms with Crippen LogP contribution in [0.15, 0.2) is 97.1 Å². The van der Waals surface area contributed by atoms with Gasteiger partial charge in [0.15, 0.2) is 0 Å². The maximum atomic E-state index is 15.3. The van der Waals surface area contributed by atoms with Gasteiger partial charge in [0.2, 0.25) is 0 Å². The third kappa shape index (κ3) is 13.9. The fourth-order valence-electron chi connectivity index (χ4n) is 9.70. The molecule has 4 aromatic rings. The summed E-state index contributed by atoms with van der Waals surface area (Å²) in [6, 6.07) is 35.3. The lowest BCUT2D eigenvalue weighted by Gasteiger charge is -2.43. The Kier molecular flexibility index (Phi) is 21.8. The molecule has 64 heavy (non-hydrogen) atoms. The Morgan fingerprint density at radius 1 is 0.422 bits per heavy atom. The second-order valence-corrected chi connectivity index (χ2v) is 32.0. The lowest BCUT2D eigenvalue weighted by atomic mass is 10.2. The van der Waals surface area contributed by atoms with Gasteiger partial charge in [0.1, 0.15) is 0 Å². The molecule has 4 aromatic carbocycles. The minimum absolute atomic E-state index is 0.122. The zero-order chi connectivity index (χ0) is 47.0. The highest BCUT2D eigenvalue weighted by molar-refractivity contribution is 7.84. The van der Waals surface area contributed by atoms with Gasteiger partial charge in [-0.2, -0.15) is 26.3 Å². The van der Waals surface area contributed by atoms with Gasteiger partial charge in [-0.25, -0.2) is 4.44 Å². The van der Waals surface area contributed by atoms with E-state index >= 15 is 26.3 Å².